The third kappa shape index (κ3) is 3.32. The number of carbonyl (C=O) groups excluding carboxylic acids is 2. The van der Waals surface area contributed by atoms with Crippen LogP contribution in [-0.4, -0.2) is 28.4 Å². The molecule has 21 heavy (non-hydrogen) atoms. The van der Waals surface area contributed by atoms with Crippen molar-refractivity contribution in [3.05, 3.63) is 35.4 Å². The van der Waals surface area contributed by atoms with Crippen LogP contribution in [0.2, 0.25) is 0 Å². The lowest BCUT2D eigenvalue weighted by atomic mass is 9.92. The first-order valence-electron chi connectivity index (χ1n) is 6.98. The van der Waals surface area contributed by atoms with Gasteiger partial charge in [0.25, 0.3) is 0 Å². The Morgan fingerprint density at radius 2 is 2.00 bits per heavy atom. The number of aliphatic hydroxyl groups excluding tert-OH is 1. The van der Waals surface area contributed by atoms with Gasteiger partial charge in [-0.05, 0) is 11.6 Å². The monoisotopic (exact) mass is 285 g/mol. The molecule has 4 nitrogen and oxygen atoms in total. The van der Waals surface area contributed by atoms with Crippen LogP contribution >= 0.6 is 0 Å². The Morgan fingerprint density at radius 1 is 1.29 bits per heavy atom. The number of aliphatic hydroxyl groups is 1. The molecule has 0 bridgehead atoms. The zero-order valence-electron chi connectivity index (χ0n) is 12.3. The van der Waals surface area contributed by atoms with E-state index in [2.05, 4.69) is 11.8 Å². The topological polar surface area (TPSA) is 57.6 Å². The van der Waals surface area contributed by atoms with E-state index in [0.29, 0.717) is 6.42 Å². The minimum Gasteiger partial charge on any atom is -0.395 e. The summed E-state index contributed by atoms with van der Waals surface area (Å²) >= 11 is 0. The van der Waals surface area contributed by atoms with Gasteiger partial charge in [-0.3, -0.25) is 14.5 Å². The lowest BCUT2D eigenvalue weighted by Gasteiger charge is -2.18. The second-order valence-corrected chi connectivity index (χ2v) is 5.78. The molecule has 0 radical (unpaired) electrons. The van der Waals surface area contributed by atoms with Crippen LogP contribution in [0.5, 0.6) is 0 Å². The summed E-state index contributed by atoms with van der Waals surface area (Å²) in [6.07, 6.45) is 0.660. The molecule has 4 heteroatoms. The van der Waals surface area contributed by atoms with Crippen molar-refractivity contribution in [1.29, 1.82) is 0 Å². The third-order valence-corrected chi connectivity index (χ3v) is 3.52. The van der Waals surface area contributed by atoms with Crippen LogP contribution in [0.1, 0.15) is 37.8 Å². The second-order valence-electron chi connectivity index (χ2n) is 5.78. The standard InChI is InChI=1S/C17H19NO3/c1-17(2)11-15(20)18(16(17)21)12-14-9-4-3-7-13(14)8-5-6-10-19/h3-4,7,9,19H,6,10-12H2,1-2H3. The zero-order chi connectivity index (χ0) is 15.5. The van der Waals surface area contributed by atoms with E-state index in [1.165, 1.54) is 4.90 Å². The second kappa shape index (κ2) is 6.11. The Bertz CT molecular complexity index is 622. The number of rotatable bonds is 3. The minimum absolute atomic E-state index is 0.0203. The molecule has 0 spiro atoms. The van der Waals surface area contributed by atoms with Crippen LogP contribution in [0, 0.1) is 17.3 Å². The molecule has 110 valence electrons. The summed E-state index contributed by atoms with van der Waals surface area (Å²) in [6, 6.07) is 7.46. The van der Waals surface area contributed by atoms with E-state index in [1.54, 1.807) is 13.8 Å². The van der Waals surface area contributed by atoms with Gasteiger partial charge in [0.2, 0.25) is 11.8 Å². The summed E-state index contributed by atoms with van der Waals surface area (Å²) in [4.78, 5) is 25.6. The van der Waals surface area contributed by atoms with Crippen molar-refractivity contribution in [1.82, 2.24) is 4.90 Å². The predicted octanol–water partition coefficient (Wildman–Crippen LogP) is 1.71. The maximum absolute atomic E-state index is 12.2. The molecular formula is C17H19NO3. The van der Waals surface area contributed by atoms with E-state index in [9.17, 15) is 9.59 Å². The molecule has 1 aromatic rings. The molecule has 0 unspecified atom stereocenters. The Morgan fingerprint density at radius 3 is 2.62 bits per heavy atom. The van der Waals surface area contributed by atoms with Crippen molar-refractivity contribution in [3.8, 4) is 11.8 Å². The third-order valence-electron chi connectivity index (χ3n) is 3.52. The van der Waals surface area contributed by atoms with Gasteiger partial charge in [-0.25, -0.2) is 0 Å². The highest BCUT2D eigenvalue weighted by Crippen LogP contribution is 2.32. The highest BCUT2D eigenvalue weighted by Gasteiger charge is 2.44. The quantitative estimate of drug-likeness (QED) is 0.679. The molecule has 0 atom stereocenters. The highest BCUT2D eigenvalue weighted by molar-refractivity contribution is 6.05. The van der Waals surface area contributed by atoms with Crippen LogP contribution in [0.15, 0.2) is 24.3 Å². The summed E-state index contributed by atoms with van der Waals surface area (Å²) in [6.45, 7) is 3.86. The van der Waals surface area contributed by atoms with Gasteiger partial charge in [0.1, 0.15) is 0 Å². The molecule has 2 rings (SSSR count). The molecule has 2 amide bonds. The van der Waals surface area contributed by atoms with Crippen LogP contribution in [0.3, 0.4) is 0 Å². The molecule has 1 aliphatic heterocycles. The van der Waals surface area contributed by atoms with Gasteiger partial charge in [-0.2, -0.15) is 0 Å². The van der Waals surface area contributed by atoms with Gasteiger partial charge in [0.05, 0.1) is 18.6 Å². The predicted molar refractivity (Wildman–Crippen MR) is 79.0 cm³/mol. The summed E-state index contributed by atoms with van der Waals surface area (Å²) in [5.41, 5.74) is 1.02. The van der Waals surface area contributed by atoms with Gasteiger partial charge in [0, 0.05) is 18.4 Å². The molecular weight excluding hydrogens is 266 g/mol. The summed E-state index contributed by atoms with van der Waals surface area (Å²) in [5, 5.41) is 8.77. The lowest BCUT2D eigenvalue weighted by Crippen LogP contribution is -2.32. The van der Waals surface area contributed by atoms with E-state index in [0.717, 1.165) is 11.1 Å². The first-order chi connectivity index (χ1) is 9.95. The van der Waals surface area contributed by atoms with Gasteiger partial charge >= 0.3 is 0 Å². The SMILES string of the molecule is CC1(C)CC(=O)N(Cc2ccccc2C#CCCO)C1=O. The summed E-state index contributed by atoms with van der Waals surface area (Å²) < 4.78 is 0. The smallest absolute Gasteiger partial charge is 0.235 e. The minimum atomic E-state index is -0.616. The molecule has 1 aromatic carbocycles. The van der Waals surface area contributed by atoms with E-state index in [4.69, 9.17) is 5.11 Å². The maximum atomic E-state index is 12.2. The number of carbonyl (C=O) groups is 2. The zero-order valence-corrected chi connectivity index (χ0v) is 12.3. The van der Waals surface area contributed by atoms with E-state index in [1.807, 2.05) is 24.3 Å². The first-order valence-corrected chi connectivity index (χ1v) is 6.98. The van der Waals surface area contributed by atoms with Crippen molar-refractivity contribution >= 4 is 11.8 Å². The molecule has 1 saturated heterocycles. The maximum Gasteiger partial charge on any atom is 0.235 e. The number of hydrogen-bond donors (Lipinski definition) is 1. The fourth-order valence-corrected chi connectivity index (χ4v) is 2.35. The van der Waals surface area contributed by atoms with Crippen LogP contribution in [0.25, 0.3) is 0 Å². The van der Waals surface area contributed by atoms with Crippen molar-refractivity contribution in [2.75, 3.05) is 6.61 Å². The van der Waals surface area contributed by atoms with Gasteiger partial charge < -0.3 is 5.11 Å². The largest absolute Gasteiger partial charge is 0.395 e. The Balaban J connectivity index is 2.23. The van der Waals surface area contributed by atoms with Gasteiger partial charge in [-0.1, -0.05) is 43.9 Å². The number of imide groups is 1. The van der Waals surface area contributed by atoms with E-state index in [-0.39, 0.29) is 31.4 Å². The number of nitrogens with zero attached hydrogens (tertiary/aromatic N) is 1. The molecule has 1 heterocycles. The fraction of sp³-hybridized carbons (Fsp3) is 0.412. The summed E-state index contributed by atoms with van der Waals surface area (Å²) in [5.74, 6) is 5.58. The number of likely N-dealkylation sites (tertiary alicyclic amines) is 1. The number of hydrogen-bond acceptors (Lipinski definition) is 3. The average Bonchev–Trinajstić information content (AvgIpc) is 2.63. The van der Waals surface area contributed by atoms with Gasteiger partial charge in [-0.15, -0.1) is 0 Å². The van der Waals surface area contributed by atoms with Crippen LogP contribution in [-0.2, 0) is 16.1 Å². The Kier molecular flexibility index (Phi) is 4.44. The van der Waals surface area contributed by atoms with Crippen molar-refractivity contribution in [2.45, 2.75) is 33.2 Å². The van der Waals surface area contributed by atoms with E-state index < -0.39 is 5.41 Å². The average molecular weight is 285 g/mol. The number of amides is 2. The van der Waals surface area contributed by atoms with Crippen LogP contribution < -0.4 is 0 Å². The summed E-state index contributed by atoms with van der Waals surface area (Å²) in [7, 11) is 0. The Labute approximate surface area is 124 Å². The fourth-order valence-electron chi connectivity index (χ4n) is 2.35. The van der Waals surface area contributed by atoms with Crippen LogP contribution in [0.4, 0.5) is 0 Å². The number of benzene rings is 1. The molecule has 1 N–H and O–H groups in total. The molecule has 0 saturated carbocycles. The molecule has 0 aromatic heterocycles. The van der Waals surface area contributed by atoms with E-state index >= 15 is 0 Å². The first kappa shape index (κ1) is 15.3. The van der Waals surface area contributed by atoms with Crippen molar-refractivity contribution in [2.24, 2.45) is 5.41 Å². The highest BCUT2D eigenvalue weighted by atomic mass is 16.2. The molecule has 0 aliphatic carbocycles. The van der Waals surface area contributed by atoms with Crippen molar-refractivity contribution < 1.29 is 14.7 Å². The van der Waals surface area contributed by atoms with Crippen molar-refractivity contribution in [3.63, 3.8) is 0 Å². The Hall–Kier alpha value is -2.12. The normalized spacial score (nSPS) is 16.8. The lowest BCUT2D eigenvalue weighted by molar-refractivity contribution is -0.141. The van der Waals surface area contributed by atoms with Gasteiger partial charge in [0.15, 0.2) is 0 Å². The molecule has 1 fully saturated rings. The molecule has 1 aliphatic rings.